The van der Waals surface area contributed by atoms with E-state index in [-0.39, 0.29) is 0 Å². The van der Waals surface area contributed by atoms with Gasteiger partial charge in [-0.2, -0.15) is 10.2 Å². The maximum absolute atomic E-state index is 4.66. The summed E-state index contributed by atoms with van der Waals surface area (Å²) in [6, 6.07) is 6.66. The third-order valence-corrected chi connectivity index (χ3v) is 5.79. The standard InChI is InChI=1S/C21H23N5/c1-13-8-16(17-9-14(2)21-22-12-23-26(21)11-17)10-18-19(13)20(25-24-18)15-6-4-3-5-7-15/h8-12,15H,3-7H2,1-2H3,(H,24,25). The second-order valence-electron chi connectivity index (χ2n) is 7.60. The van der Waals surface area contributed by atoms with Gasteiger partial charge in [0.25, 0.3) is 0 Å². The van der Waals surface area contributed by atoms with Crippen LogP contribution in [-0.2, 0) is 0 Å². The van der Waals surface area contributed by atoms with Gasteiger partial charge in [0.2, 0.25) is 0 Å². The highest BCUT2D eigenvalue weighted by atomic mass is 15.3. The zero-order chi connectivity index (χ0) is 17.7. The lowest BCUT2D eigenvalue weighted by Crippen LogP contribution is -2.05. The molecule has 0 spiro atoms. The average Bonchev–Trinajstić information content (AvgIpc) is 3.29. The number of nitrogens with one attached hydrogen (secondary N) is 1. The molecule has 3 heterocycles. The highest BCUT2D eigenvalue weighted by Crippen LogP contribution is 2.37. The predicted molar refractivity (Wildman–Crippen MR) is 103 cm³/mol. The van der Waals surface area contributed by atoms with Crippen molar-refractivity contribution in [1.29, 1.82) is 0 Å². The molecule has 0 radical (unpaired) electrons. The lowest BCUT2D eigenvalue weighted by atomic mass is 9.85. The number of aryl methyl sites for hydroxylation is 2. The van der Waals surface area contributed by atoms with Crippen LogP contribution in [0.3, 0.4) is 0 Å². The van der Waals surface area contributed by atoms with Crippen molar-refractivity contribution in [3.63, 3.8) is 0 Å². The molecular weight excluding hydrogens is 322 g/mol. The number of aromatic amines is 1. The maximum Gasteiger partial charge on any atom is 0.158 e. The van der Waals surface area contributed by atoms with Gasteiger partial charge in [-0.3, -0.25) is 5.10 Å². The number of rotatable bonds is 2. The number of nitrogens with zero attached hydrogens (tertiary/aromatic N) is 4. The molecule has 0 bridgehead atoms. The van der Waals surface area contributed by atoms with Gasteiger partial charge in [-0.05, 0) is 55.5 Å². The monoisotopic (exact) mass is 345 g/mol. The first-order valence-electron chi connectivity index (χ1n) is 9.49. The molecule has 3 aromatic heterocycles. The van der Waals surface area contributed by atoms with Gasteiger partial charge in [-0.15, -0.1) is 0 Å². The van der Waals surface area contributed by atoms with E-state index in [0.29, 0.717) is 5.92 Å². The van der Waals surface area contributed by atoms with Gasteiger partial charge in [-0.1, -0.05) is 25.3 Å². The highest BCUT2D eigenvalue weighted by molar-refractivity contribution is 5.90. The average molecular weight is 345 g/mol. The lowest BCUT2D eigenvalue weighted by Gasteiger charge is -2.21. The summed E-state index contributed by atoms with van der Waals surface area (Å²) in [4.78, 5) is 4.31. The Morgan fingerprint density at radius 3 is 2.65 bits per heavy atom. The second-order valence-corrected chi connectivity index (χ2v) is 7.60. The largest absolute Gasteiger partial charge is 0.281 e. The Hall–Kier alpha value is -2.69. The molecule has 1 aromatic carbocycles. The van der Waals surface area contributed by atoms with Crippen LogP contribution in [0, 0.1) is 13.8 Å². The van der Waals surface area contributed by atoms with E-state index in [9.17, 15) is 0 Å². The van der Waals surface area contributed by atoms with Crippen molar-refractivity contribution >= 4 is 16.6 Å². The van der Waals surface area contributed by atoms with Crippen LogP contribution in [0.5, 0.6) is 0 Å². The molecule has 0 aliphatic heterocycles. The summed E-state index contributed by atoms with van der Waals surface area (Å²) in [5.74, 6) is 0.632. The van der Waals surface area contributed by atoms with Crippen LogP contribution in [0.1, 0.15) is 54.8 Å². The summed E-state index contributed by atoms with van der Waals surface area (Å²) in [5, 5.41) is 13.6. The minimum atomic E-state index is 0.632. The van der Waals surface area contributed by atoms with E-state index in [4.69, 9.17) is 0 Å². The number of H-pyrrole nitrogens is 1. The number of benzene rings is 1. The van der Waals surface area contributed by atoms with Crippen molar-refractivity contribution in [3.05, 3.63) is 47.5 Å². The molecule has 5 nitrogen and oxygen atoms in total. The van der Waals surface area contributed by atoms with Crippen molar-refractivity contribution in [1.82, 2.24) is 24.8 Å². The summed E-state index contributed by atoms with van der Waals surface area (Å²) < 4.78 is 1.85. The Labute approximate surface area is 152 Å². The van der Waals surface area contributed by atoms with E-state index >= 15 is 0 Å². The molecule has 0 unspecified atom stereocenters. The predicted octanol–water partition coefficient (Wildman–Crippen LogP) is 4.94. The maximum atomic E-state index is 4.66. The first kappa shape index (κ1) is 15.6. The summed E-state index contributed by atoms with van der Waals surface area (Å²) in [5.41, 5.74) is 8.06. The third kappa shape index (κ3) is 2.42. The fourth-order valence-corrected chi connectivity index (χ4v) is 4.49. The molecule has 26 heavy (non-hydrogen) atoms. The SMILES string of the molecule is Cc1cc(-c2cc(C)c3ncnn3c2)cc2n[nH]c(C3CCCCC3)c12. The molecule has 4 aromatic rings. The van der Waals surface area contributed by atoms with Crippen LogP contribution in [0.25, 0.3) is 27.7 Å². The van der Waals surface area contributed by atoms with E-state index in [2.05, 4.69) is 52.3 Å². The number of hydrogen-bond donors (Lipinski definition) is 1. The molecule has 5 heteroatoms. The molecule has 0 saturated heterocycles. The Morgan fingerprint density at radius 1 is 1.00 bits per heavy atom. The molecule has 1 aliphatic rings. The zero-order valence-corrected chi connectivity index (χ0v) is 15.3. The minimum absolute atomic E-state index is 0.632. The van der Waals surface area contributed by atoms with Gasteiger partial charge in [0.05, 0.1) is 5.52 Å². The van der Waals surface area contributed by atoms with Gasteiger partial charge in [0, 0.05) is 28.8 Å². The van der Waals surface area contributed by atoms with Gasteiger partial charge >= 0.3 is 0 Å². The van der Waals surface area contributed by atoms with Gasteiger partial charge in [0.15, 0.2) is 5.65 Å². The fraction of sp³-hybridized carbons (Fsp3) is 0.381. The molecular formula is C21H23N5. The Bertz CT molecular complexity index is 1100. The summed E-state index contributed by atoms with van der Waals surface area (Å²) >= 11 is 0. The lowest BCUT2D eigenvalue weighted by molar-refractivity contribution is 0.438. The number of fused-ring (bicyclic) bond motifs is 2. The van der Waals surface area contributed by atoms with Crippen LogP contribution in [0.2, 0.25) is 0 Å². The smallest absolute Gasteiger partial charge is 0.158 e. The topological polar surface area (TPSA) is 58.9 Å². The fourth-order valence-electron chi connectivity index (χ4n) is 4.49. The summed E-state index contributed by atoms with van der Waals surface area (Å²) in [6.45, 7) is 4.28. The highest BCUT2D eigenvalue weighted by Gasteiger charge is 2.21. The quantitative estimate of drug-likeness (QED) is 0.560. The van der Waals surface area contributed by atoms with Crippen molar-refractivity contribution in [3.8, 4) is 11.1 Å². The van der Waals surface area contributed by atoms with Crippen LogP contribution < -0.4 is 0 Å². The first-order valence-corrected chi connectivity index (χ1v) is 9.49. The van der Waals surface area contributed by atoms with E-state index in [0.717, 1.165) is 22.3 Å². The first-order chi connectivity index (χ1) is 12.7. The zero-order valence-electron chi connectivity index (χ0n) is 15.3. The Morgan fingerprint density at radius 2 is 1.81 bits per heavy atom. The van der Waals surface area contributed by atoms with Crippen LogP contribution in [0.15, 0.2) is 30.7 Å². The van der Waals surface area contributed by atoms with Crippen LogP contribution in [-0.4, -0.2) is 24.8 Å². The molecule has 1 N–H and O–H groups in total. The van der Waals surface area contributed by atoms with Gasteiger partial charge in [0.1, 0.15) is 6.33 Å². The molecule has 1 fully saturated rings. The number of hydrogen-bond acceptors (Lipinski definition) is 3. The molecule has 5 rings (SSSR count). The molecule has 0 atom stereocenters. The minimum Gasteiger partial charge on any atom is -0.281 e. The van der Waals surface area contributed by atoms with Gasteiger partial charge < -0.3 is 0 Å². The number of pyridine rings is 1. The van der Waals surface area contributed by atoms with Crippen molar-refractivity contribution in [2.45, 2.75) is 51.9 Å². The number of aromatic nitrogens is 5. The van der Waals surface area contributed by atoms with E-state index < -0.39 is 0 Å². The normalized spacial score (nSPS) is 15.9. The van der Waals surface area contributed by atoms with Crippen LogP contribution in [0.4, 0.5) is 0 Å². The van der Waals surface area contributed by atoms with Crippen molar-refractivity contribution in [2.75, 3.05) is 0 Å². The third-order valence-electron chi connectivity index (χ3n) is 5.79. The molecule has 132 valence electrons. The summed E-state index contributed by atoms with van der Waals surface area (Å²) in [7, 11) is 0. The Kier molecular flexibility index (Phi) is 3.55. The summed E-state index contributed by atoms with van der Waals surface area (Å²) in [6.07, 6.45) is 10.2. The molecule has 1 saturated carbocycles. The van der Waals surface area contributed by atoms with E-state index in [1.807, 2.05) is 10.7 Å². The van der Waals surface area contributed by atoms with Crippen molar-refractivity contribution in [2.24, 2.45) is 0 Å². The van der Waals surface area contributed by atoms with Crippen LogP contribution >= 0.6 is 0 Å². The molecule has 1 aliphatic carbocycles. The van der Waals surface area contributed by atoms with E-state index in [1.54, 1.807) is 6.33 Å². The second kappa shape index (κ2) is 5.94. The van der Waals surface area contributed by atoms with Gasteiger partial charge in [-0.25, -0.2) is 9.50 Å². The molecule has 0 amide bonds. The van der Waals surface area contributed by atoms with E-state index in [1.165, 1.54) is 54.3 Å². The Balaban J connectivity index is 1.63. The van der Waals surface area contributed by atoms with Crippen molar-refractivity contribution < 1.29 is 0 Å².